The Hall–Kier alpha value is -1.31. The van der Waals surface area contributed by atoms with Gasteiger partial charge >= 0.3 is 0 Å². The Bertz CT molecular complexity index is 655. The molecule has 122 valence electrons. The summed E-state index contributed by atoms with van der Waals surface area (Å²) in [6.45, 7) is 1.42. The van der Waals surface area contributed by atoms with E-state index in [2.05, 4.69) is 0 Å². The first kappa shape index (κ1) is 17.1. The number of sulfonamides is 1. The Morgan fingerprint density at radius 1 is 1.32 bits per heavy atom. The highest BCUT2D eigenvalue weighted by Crippen LogP contribution is 2.28. The second-order valence-electron chi connectivity index (χ2n) is 5.26. The van der Waals surface area contributed by atoms with Crippen LogP contribution < -0.4 is 4.74 Å². The number of likely N-dealkylation sites (tertiary alicyclic amines) is 1. The lowest BCUT2D eigenvalue weighted by molar-refractivity contribution is -0.132. The molecule has 0 saturated carbocycles. The van der Waals surface area contributed by atoms with Crippen LogP contribution in [0.3, 0.4) is 0 Å². The molecular formula is C14H19ClN2O4S. The van der Waals surface area contributed by atoms with E-state index < -0.39 is 10.0 Å². The minimum absolute atomic E-state index is 0.0840. The van der Waals surface area contributed by atoms with E-state index in [-0.39, 0.29) is 22.4 Å². The van der Waals surface area contributed by atoms with Gasteiger partial charge in [-0.1, -0.05) is 11.6 Å². The van der Waals surface area contributed by atoms with Gasteiger partial charge in [-0.15, -0.1) is 0 Å². The summed E-state index contributed by atoms with van der Waals surface area (Å²) in [6.07, 6.45) is 2.03. The van der Waals surface area contributed by atoms with Crippen LogP contribution in [-0.4, -0.2) is 57.3 Å². The summed E-state index contributed by atoms with van der Waals surface area (Å²) in [5.74, 6) is 0.213. The summed E-state index contributed by atoms with van der Waals surface area (Å²) in [5.41, 5.74) is 0. The van der Waals surface area contributed by atoms with Gasteiger partial charge in [-0.05, 0) is 31.0 Å². The number of halogens is 1. The molecule has 1 aromatic rings. The van der Waals surface area contributed by atoms with Crippen molar-refractivity contribution in [3.63, 3.8) is 0 Å². The predicted octanol–water partition coefficient (Wildman–Crippen LogP) is 1.59. The minimum atomic E-state index is -3.54. The minimum Gasteiger partial charge on any atom is -0.482 e. The largest absolute Gasteiger partial charge is 0.482 e. The summed E-state index contributed by atoms with van der Waals surface area (Å²) in [4.78, 5) is 13.7. The highest BCUT2D eigenvalue weighted by molar-refractivity contribution is 7.89. The number of carbonyl (C=O) groups excluding carboxylic acids is 1. The topological polar surface area (TPSA) is 66.9 Å². The third-order valence-corrected chi connectivity index (χ3v) is 5.60. The van der Waals surface area contributed by atoms with E-state index in [0.29, 0.717) is 5.75 Å². The summed E-state index contributed by atoms with van der Waals surface area (Å²) in [7, 11) is -0.649. The number of amides is 1. The molecule has 1 aromatic carbocycles. The fourth-order valence-corrected chi connectivity index (χ4v) is 3.40. The first-order chi connectivity index (χ1) is 10.3. The molecule has 0 atom stereocenters. The molecule has 0 spiro atoms. The Morgan fingerprint density at radius 3 is 2.50 bits per heavy atom. The zero-order chi connectivity index (χ0) is 16.3. The van der Waals surface area contributed by atoms with Gasteiger partial charge in [0.1, 0.15) is 5.75 Å². The first-order valence-electron chi connectivity index (χ1n) is 6.95. The number of hydrogen-bond donors (Lipinski definition) is 0. The molecule has 1 saturated heterocycles. The van der Waals surface area contributed by atoms with Crippen molar-refractivity contribution in [3.05, 3.63) is 23.2 Å². The van der Waals surface area contributed by atoms with E-state index in [1.54, 1.807) is 4.90 Å². The van der Waals surface area contributed by atoms with Crippen molar-refractivity contribution in [2.45, 2.75) is 17.7 Å². The van der Waals surface area contributed by atoms with E-state index in [4.69, 9.17) is 16.3 Å². The SMILES string of the molecule is CN(C)S(=O)(=O)c1ccc(OCC(=O)N2CCCC2)c(Cl)c1. The van der Waals surface area contributed by atoms with Crippen molar-refractivity contribution in [2.24, 2.45) is 0 Å². The molecule has 0 unspecified atom stereocenters. The maximum Gasteiger partial charge on any atom is 0.260 e. The molecule has 1 heterocycles. The standard InChI is InChI=1S/C14H19ClN2O4S/c1-16(2)22(19,20)11-5-6-13(12(15)9-11)21-10-14(18)17-7-3-4-8-17/h5-6,9H,3-4,7-8,10H2,1-2H3. The second kappa shape index (κ2) is 6.85. The molecule has 22 heavy (non-hydrogen) atoms. The third kappa shape index (κ3) is 3.71. The Labute approximate surface area is 135 Å². The molecule has 0 N–H and O–H groups in total. The third-order valence-electron chi connectivity index (χ3n) is 3.49. The molecule has 1 aliphatic rings. The van der Waals surface area contributed by atoms with Gasteiger partial charge in [-0.3, -0.25) is 4.79 Å². The van der Waals surface area contributed by atoms with Gasteiger partial charge in [-0.2, -0.15) is 0 Å². The molecule has 1 fully saturated rings. The van der Waals surface area contributed by atoms with E-state index >= 15 is 0 Å². The van der Waals surface area contributed by atoms with Gasteiger partial charge in [-0.25, -0.2) is 12.7 Å². The Kier molecular flexibility index (Phi) is 5.31. The van der Waals surface area contributed by atoms with Crippen LogP contribution in [0.1, 0.15) is 12.8 Å². The molecule has 2 rings (SSSR count). The highest BCUT2D eigenvalue weighted by atomic mass is 35.5. The zero-order valence-electron chi connectivity index (χ0n) is 12.6. The monoisotopic (exact) mass is 346 g/mol. The summed E-state index contributed by atoms with van der Waals surface area (Å²) < 4.78 is 30.5. The van der Waals surface area contributed by atoms with Gasteiger partial charge in [0, 0.05) is 27.2 Å². The van der Waals surface area contributed by atoms with Crippen molar-refractivity contribution in [1.82, 2.24) is 9.21 Å². The van der Waals surface area contributed by atoms with Gasteiger partial charge < -0.3 is 9.64 Å². The smallest absolute Gasteiger partial charge is 0.260 e. The number of benzene rings is 1. The van der Waals surface area contributed by atoms with Gasteiger partial charge in [0.05, 0.1) is 9.92 Å². The maximum absolute atomic E-state index is 12.0. The Balaban J connectivity index is 2.05. The van der Waals surface area contributed by atoms with E-state index in [1.165, 1.54) is 32.3 Å². The molecule has 6 nitrogen and oxygen atoms in total. The van der Waals surface area contributed by atoms with Gasteiger partial charge in [0.15, 0.2) is 6.61 Å². The van der Waals surface area contributed by atoms with Crippen LogP contribution >= 0.6 is 11.6 Å². The lowest BCUT2D eigenvalue weighted by atomic mass is 10.3. The number of carbonyl (C=O) groups is 1. The Morgan fingerprint density at radius 2 is 1.95 bits per heavy atom. The van der Waals surface area contributed by atoms with Crippen LogP contribution in [0.15, 0.2) is 23.1 Å². The van der Waals surface area contributed by atoms with Crippen molar-refractivity contribution in [2.75, 3.05) is 33.8 Å². The first-order valence-corrected chi connectivity index (χ1v) is 8.77. The van der Waals surface area contributed by atoms with E-state index in [0.717, 1.165) is 30.2 Å². The zero-order valence-corrected chi connectivity index (χ0v) is 14.2. The molecule has 0 radical (unpaired) electrons. The lowest BCUT2D eigenvalue weighted by Crippen LogP contribution is -2.32. The van der Waals surface area contributed by atoms with Crippen LogP contribution in [0.25, 0.3) is 0 Å². The predicted molar refractivity (Wildman–Crippen MR) is 83.6 cm³/mol. The fraction of sp³-hybridized carbons (Fsp3) is 0.500. The van der Waals surface area contributed by atoms with Crippen molar-refractivity contribution < 1.29 is 17.9 Å². The van der Waals surface area contributed by atoms with Gasteiger partial charge in [0.2, 0.25) is 10.0 Å². The van der Waals surface area contributed by atoms with Gasteiger partial charge in [0.25, 0.3) is 5.91 Å². The van der Waals surface area contributed by atoms with Crippen LogP contribution in [0.5, 0.6) is 5.75 Å². The molecule has 8 heteroatoms. The number of nitrogens with zero attached hydrogens (tertiary/aromatic N) is 2. The fourth-order valence-electron chi connectivity index (χ4n) is 2.17. The van der Waals surface area contributed by atoms with E-state index in [1.807, 2.05) is 0 Å². The van der Waals surface area contributed by atoms with Crippen molar-refractivity contribution in [3.8, 4) is 5.75 Å². The van der Waals surface area contributed by atoms with Crippen molar-refractivity contribution >= 4 is 27.5 Å². The second-order valence-corrected chi connectivity index (χ2v) is 7.82. The number of rotatable bonds is 5. The number of hydrogen-bond acceptors (Lipinski definition) is 4. The van der Waals surface area contributed by atoms with Crippen LogP contribution in [0.4, 0.5) is 0 Å². The molecule has 0 aliphatic carbocycles. The average Bonchev–Trinajstić information content (AvgIpc) is 2.99. The maximum atomic E-state index is 12.0. The number of ether oxygens (including phenoxy) is 1. The lowest BCUT2D eigenvalue weighted by Gasteiger charge is -2.16. The van der Waals surface area contributed by atoms with Crippen LogP contribution in [0.2, 0.25) is 5.02 Å². The molecule has 1 amide bonds. The molecule has 1 aliphatic heterocycles. The normalized spacial score (nSPS) is 15.4. The summed E-state index contributed by atoms with van der Waals surface area (Å²) in [6, 6.07) is 4.21. The summed E-state index contributed by atoms with van der Waals surface area (Å²) in [5, 5.41) is 0.164. The molecule has 0 bridgehead atoms. The highest BCUT2D eigenvalue weighted by Gasteiger charge is 2.20. The van der Waals surface area contributed by atoms with Crippen LogP contribution in [0, 0.1) is 0 Å². The van der Waals surface area contributed by atoms with E-state index in [9.17, 15) is 13.2 Å². The quantitative estimate of drug-likeness (QED) is 0.812. The molecular weight excluding hydrogens is 328 g/mol. The van der Waals surface area contributed by atoms with Crippen molar-refractivity contribution in [1.29, 1.82) is 0 Å². The molecule has 0 aromatic heterocycles. The summed E-state index contributed by atoms with van der Waals surface area (Å²) >= 11 is 6.05. The van der Waals surface area contributed by atoms with Crippen LogP contribution in [-0.2, 0) is 14.8 Å². The average molecular weight is 347 g/mol.